The van der Waals surface area contributed by atoms with Crippen LogP contribution < -0.4 is 10.0 Å². The standard InChI is InChI=1S/C12H16N6O2S/c1-4-13-11-6-5-10(7-14-11)21(19,20)18-12-15-8(2)9(3)16-17-12/h5-7H,4H2,1-3H3,(H,13,14)(H,15,17,18). The molecule has 2 aromatic heterocycles. The first kappa shape index (κ1) is 15.1. The third-order valence-corrected chi connectivity index (χ3v) is 4.04. The summed E-state index contributed by atoms with van der Waals surface area (Å²) in [4.78, 5) is 8.09. The van der Waals surface area contributed by atoms with E-state index in [-0.39, 0.29) is 10.8 Å². The fraction of sp³-hybridized carbons (Fsp3) is 0.333. The van der Waals surface area contributed by atoms with Gasteiger partial charge in [0.05, 0.1) is 11.4 Å². The number of hydrogen-bond donors (Lipinski definition) is 2. The topological polar surface area (TPSA) is 110 Å². The molecule has 21 heavy (non-hydrogen) atoms. The zero-order chi connectivity index (χ0) is 15.5. The second-order valence-corrected chi connectivity index (χ2v) is 6.00. The average molecular weight is 308 g/mol. The lowest BCUT2D eigenvalue weighted by molar-refractivity contribution is 0.600. The molecule has 0 aliphatic carbocycles. The summed E-state index contributed by atoms with van der Waals surface area (Å²) in [6, 6.07) is 3.05. The van der Waals surface area contributed by atoms with Gasteiger partial charge in [0.2, 0.25) is 0 Å². The molecular weight excluding hydrogens is 292 g/mol. The van der Waals surface area contributed by atoms with Crippen LogP contribution in [0.5, 0.6) is 0 Å². The van der Waals surface area contributed by atoms with E-state index in [9.17, 15) is 8.42 Å². The van der Waals surface area contributed by atoms with Crippen molar-refractivity contribution in [3.8, 4) is 0 Å². The molecule has 8 nitrogen and oxygen atoms in total. The lowest BCUT2D eigenvalue weighted by atomic mass is 10.4. The summed E-state index contributed by atoms with van der Waals surface area (Å²) in [5.41, 5.74) is 1.26. The number of rotatable bonds is 5. The number of anilines is 2. The van der Waals surface area contributed by atoms with Gasteiger partial charge in [-0.1, -0.05) is 0 Å². The largest absolute Gasteiger partial charge is 0.370 e. The van der Waals surface area contributed by atoms with E-state index in [1.165, 1.54) is 12.3 Å². The average Bonchev–Trinajstić information content (AvgIpc) is 2.44. The summed E-state index contributed by atoms with van der Waals surface area (Å²) in [7, 11) is -3.78. The smallest absolute Gasteiger partial charge is 0.265 e. The van der Waals surface area contributed by atoms with Crippen LogP contribution in [0, 0.1) is 13.8 Å². The van der Waals surface area contributed by atoms with Gasteiger partial charge in [-0.15, -0.1) is 5.10 Å². The van der Waals surface area contributed by atoms with Crippen molar-refractivity contribution in [2.75, 3.05) is 16.6 Å². The van der Waals surface area contributed by atoms with E-state index in [2.05, 4.69) is 30.2 Å². The first-order valence-electron chi connectivity index (χ1n) is 6.33. The predicted octanol–water partition coefficient (Wildman–Crippen LogP) is 1.12. The number of hydrogen-bond acceptors (Lipinski definition) is 7. The summed E-state index contributed by atoms with van der Waals surface area (Å²) in [5, 5.41) is 10.5. The molecule has 0 atom stereocenters. The Bertz CT molecular complexity index is 730. The molecule has 0 spiro atoms. The molecule has 2 N–H and O–H groups in total. The Labute approximate surface area is 123 Å². The van der Waals surface area contributed by atoms with Gasteiger partial charge in [0.15, 0.2) is 0 Å². The maximum absolute atomic E-state index is 12.2. The first-order chi connectivity index (χ1) is 9.92. The maximum atomic E-state index is 12.2. The minimum absolute atomic E-state index is 0.0333. The SMILES string of the molecule is CCNc1ccc(S(=O)(=O)Nc2nnc(C)c(C)n2)cn1. The van der Waals surface area contributed by atoms with E-state index in [4.69, 9.17) is 0 Å². The van der Waals surface area contributed by atoms with Gasteiger partial charge >= 0.3 is 0 Å². The minimum Gasteiger partial charge on any atom is -0.370 e. The highest BCUT2D eigenvalue weighted by atomic mass is 32.2. The zero-order valence-electron chi connectivity index (χ0n) is 12.0. The molecule has 0 saturated heterocycles. The van der Waals surface area contributed by atoms with Crippen LogP contribution in [0.2, 0.25) is 0 Å². The number of aromatic nitrogens is 4. The summed E-state index contributed by atoms with van der Waals surface area (Å²) in [6.45, 7) is 6.11. The van der Waals surface area contributed by atoms with Crippen LogP contribution in [-0.4, -0.2) is 35.1 Å². The van der Waals surface area contributed by atoms with E-state index in [1.54, 1.807) is 19.9 Å². The van der Waals surface area contributed by atoms with Gasteiger partial charge in [0, 0.05) is 12.7 Å². The Morgan fingerprint density at radius 2 is 1.90 bits per heavy atom. The molecule has 0 bridgehead atoms. The van der Waals surface area contributed by atoms with Crippen molar-refractivity contribution in [2.45, 2.75) is 25.7 Å². The number of nitrogens with zero attached hydrogens (tertiary/aromatic N) is 4. The van der Waals surface area contributed by atoms with Crippen LogP contribution in [0.1, 0.15) is 18.3 Å². The molecule has 0 saturated carbocycles. The van der Waals surface area contributed by atoms with Crippen LogP contribution in [0.4, 0.5) is 11.8 Å². The van der Waals surface area contributed by atoms with Crippen molar-refractivity contribution in [2.24, 2.45) is 0 Å². The fourth-order valence-corrected chi connectivity index (χ4v) is 2.39. The summed E-state index contributed by atoms with van der Waals surface area (Å²) < 4.78 is 26.7. The zero-order valence-corrected chi connectivity index (χ0v) is 12.8. The Kier molecular flexibility index (Phi) is 4.32. The molecule has 0 aliphatic rings. The molecule has 2 heterocycles. The molecule has 0 amide bonds. The highest BCUT2D eigenvalue weighted by Gasteiger charge is 2.17. The van der Waals surface area contributed by atoms with Gasteiger partial charge in [-0.25, -0.2) is 23.1 Å². The van der Waals surface area contributed by atoms with Crippen LogP contribution in [-0.2, 0) is 10.0 Å². The van der Waals surface area contributed by atoms with Gasteiger partial charge in [-0.3, -0.25) is 0 Å². The number of nitrogens with one attached hydrogen (secondary N) is 2. The summed E-state index contributed by atoms with van der Waals surface area (Å²) in [6.07, 6.45) is 1.27. The van der Waals surface area contributed by atoms with Gasteiger partial charge < -0.3 is 5.32 Å². The highest BCUT2D eigenvalue weighted by Crippen LogP contribution is 2.14. The Balaban J connectivity index is 2.23. The Hall–Kier alpha value is -2.29. The third-order valence-electron chi connectivity index (χ3n) is 2.72. The van der Waals surface area contributed by atoms with Crippen LogP contribution in [0.15, 0.2) is 23.2 Å². The molecule has 112 valence electrons. The summed E-state index contributed by atoms with van der Waals surface area (Å²) in [5.74, 6) is 0.550. The lowest BCUT2D eigenvalue weighted by Gasteiger charge is -2.08. The monoisotopic (exact) mass is 308 g/mol. The lowest BCUT2D eigenvalue weighted by Crippen LogP contribution is -2.16. The molecule has 0 fully saturated rings. The molecule has 2 aromatic rings. The molecular formula is C12H16N6O2S. The molecule has 2 rings (SSSR count). The van der Waals surface area contributed by atoms with Crippen molar-refractivity contribution >= 4 is 21.8 Å². The van der Waals surface area contributed by atoms with Gasteiger partial charge in [-0.05, 0) is 32.9 Å². The quantitative estimate of drug-likeness (QED) is 0.851. The van der Waals surface area contributed by atoms with E-state index in [0.717, 1.165) is 0 Å². The molecule has 0 unspecified atom stereocenters. The number of pyridine rings is 1. The third kappa shape index (κ3) is 3.63. The molecule has 0 aliphatic heterocycles. The van der Waals surface area contributed by atoms with E-state index in [1.807, 2.05) is 6.92 Å². The highest BCUT2D eigenvalue weighted by molar-refractivity contribution is 7.92. The van der Waals surface area contributed by atoms with Gasteiger partial charge in [0.25, 0.3) is 16.0 Å². The molecule has 9 heteroatoms. The van der Waals surface area contributed by atoms with E-state index >= 15 is 0 Å². The van der Waals surface area contributed by atoms with Crippen molar-refractivity contribution < 1.29 is 8.42 Å². The fourth-order valence-electron chi connectivity index (χ4n) is 1.50. The van der Waals surface area contributed by atoms with Gasteiger partial charge in [-0.2, -0.15) is 5.10 Å². The van der Waals surface area contributed by atoms with Crippen LogP contribution >= 0.6 is 0 Å². The molecule has 0 aromatic carbocycles. The van der Waals surface area contributed by atoms with E-state index < -0.39 is 10.0 Å². The normalized spacial score (nSPS) is 11.2. The predicted molar refractivity (Wildman–Crippen MR) is 78.5 cm³/mol. The summed E-state index contributed by atoms with van der Waals surface area (Å²) >= 11 is 0. The number of aryl methyl sites for hydroxylation is 2. The number of sulfonamides is 1. The van der Waals surface area contributed by atoms with Crippen molar-refractivity contribution in [1.29, 1.82) is 0 Å². The van der Waals surface area contributed by atoms with Crippen molar-refractivity contribution in [3.63, 3.8) is 0 Å². The second kappa shape index (κ2) is 6.00. The van der Waals surface area contributed by atoms with Crippen molar-refractivity contribution in [3.05, 3.63) is 29.7 Å². The first-order valence-corrected chi connectivity index (χ1v) is 7.81. The van der Waals surface area contributed by atoms with E-state index in [0.29, 0.717) is 23.8 Å². The Morgan fingerprint density at radius 3 is 2.48 bits per heavy atom. The Morgan fingerprint density at radius 1 is 1.14 bits per heavy atom. The van der Waals surface area contributed by atoms with Crippen LogP contribution in [0.25, 0.3) is 0 Å². The maximum Gasteiger partial charge on any atom is 0.265 e. The minimum atomic E-state index is -3.78. The molecule has 0 radical (unpaired) electrons. The van der Waals surface area contributed by atoms with Gasteiger partial charge in [0.1, 0.15) is 10.7 Å². The van der Waals surface area contributed by atoms with Crippen molar-refractivity contribution in [1.82, 2.24) is 20.2 Å². The second-order valence-electron chi connectivity index (χ2n) is 4.32. The van der Waals surface area contributed by atoms with Crippen LogP contribution in [0.3, 0.4) is 0 Å².